The topological polar surface area (TPSA) is 150 Å². The Labute approximate surface area is 304 Å². The van der Waals surface area contributed by atoms with Gasteiger partial charge in [0.1, 0.15) is 12.3 Å². The van der Waals surface area contributed by atoms with E-state index in [0.29, 0.717) is 172 Å². The van der Waals surface area contributed by atoms with E-state index < -0.39 is 12.3 Å². The second-order valence-electron chi connectivity index (χ2n) is 11.6. The van der Waals surface area contributed by atoms with E-state index >= 15 is 0 Å². The normalized spacial score (nSPS) is 11.8. The van der Waals surface area contributed by atoms with Gasteiger partial charge in [-0.15, -0.1) is 0 Å². The molecule has 0 atom stereocenters. The van der Waals surface area contributed by atoms with Crippen molar-refractivity contribution in [2.24, 2.45) is 0 Å². The second kappa shape index (κ2) is 39.9. The fourth-order valence-corrected chi connectivity index (χ4v) is 3.43. The van der Waals surface area contributed by atoms with Gasteiger partial charge in [-0.05, 0) is 20.8 Å². The Balaban J connectivity index is 3.13. The molecule has 0 radical (unpaired) electrons. The van der Waals surface area contributed by atoms with Gasteiger partial charge in [-0.1, -0.05) is 0 Å². The molecule has 0 spiro atoms. The first kappa shape index (κ1) is 49.7. The van der Waals surface area contributed by atoms with Crippen LogP contribution in [0.4, 0.5) is 9.18 Å². The third-order valence-electron chi connectivity index (χ3n) is 5.96. The number of nitrogens with zero attached hydrogens (tertiary/aromatic N) is 1. The lowest BCUT2D eigenvalue weighted by Crippen LogP contribution is -2.36. The Bertz CT molecular complexity index is 709. The Kier molecular flexibility index (Phi) is 38.8. The van der Waals surface area contributed by atoms with Crippen LogP contribution in [0.1, 0.15) is 20.8 Å². The predicted octanol–water partition coefficient (Wildman–Crippen LogP) is 2.04. The van der Waals surface area contributed by atoms with Crippen LogP contribution >= 0.6 is 0 Å². The molecule has 0 rings (SSSR count). The highest BCUT2D eigenvalue weighted by Gasteiger charge is 2.19. The van der Waals surface area contributed by atoms with Crippen LogP contribution in [0.5, 0.6) is 0 Å². The number of hydrogen-bond donors (Lipinski definition) is 0. The molecule has 0 heterocycles. The molecule has 0 N–H and O–H groups in total. The largest absolute Gasteiger partial charge is 0.444 e. The van der Waals surface area contributed by atoms with E-state index in [1.807, 2.05) is 20.8 Å². The molecule has 51 heavy (non-hydrogen) atoms. The molecule has 0 aliphatic heterocycles. The molecule has 0 aliphatic carbocycles. The van der Waals surface area contributed by atoms with E-state index in [1.165, 1.54) is 4.90 Å². The van der Waals surface area contributed by atoms with E-state index in [-0.39, 0.29) is 12.7 Å². The summed E-state index contributed by atoms with van der Waals surface area (Å²) in [6, 6.07) is 0. The average molecular weight is 750 g/mol. The maximum Gasteiger partial charge on any atom is 0.410 e. The molecule has 0 aromatic rings. The lowest BCUT2D eigenvalue weighted by atomic mass is 10.2. The summed E-state index contributed by atoms with van der Waals surface area (Å²) in [4.78, 5) is 13.3. The van der Waals surface area contributed by atoms with Crippen LogP contribution in [0, 0.1) is 0 Å². The maximum absolute atomic E-state index is 11.9. The quantitative estimate of drug-likeness (QED) is 0.0839. The van der Waals surface area contributed by atoms with Crippen molar-refractivity contribution in [3.8, 4) is 0 Å². The summed E-state index contributed by atoms with van der Waals surface area (Å²) in [5.41, 5.74) is -0.514. The zero-order valence-corrected chi connectivity index (χ0v) is 31.7. The van der Waals surface area contributed by atoms with Crippen LogP contribution in [-0.4, -0.2) is 209 Å². The molecule has 306 valence electrons. The molecule has 0 aromatic carbocycles. The minimum atomic E-state index is -0.514. The number of ether oxygens (including phenoxy) is 14. The fraction of sp³-hybridized carbons (Fsp3) is 0.971. The molecule has 17 heteroatoms. The van der Waals surface area contributed by atoms with Gasteiger partial charge in [0.25, 0.3) is 0 Å². The van der Waals surface area contributed by atoms with Crippen LogP contribution in [0.3, 0.4) is 0 Å². The first-order valence-electron chi connectivity index (χ1n) is 17.9. The third kappa shape index (κ3) is 43.0. The molecule has 0 saturated heterocycles. The minimum Gasteiger partial charge on any atom is -0.444 e. The summed E-state index contributed by atoms with van der Waals surface area (Å²) in [5, 5.41) is 0. The van der Waals surface area contributed by atoms with Crippen LogP contribution in [0.2, 0.25) is 0 Å². The SMILES string of the molecule is CN(CCOCCOCCOCCOCCOCCOCCOCCOCCOCCOCCOCCOCCOCCF)C(=O)OC(C)(C)C. The van der Waals surface area contributed by atoms with Crippen LogP contribution < -0.4 is 0 Å². The van der Waals surface area contributed by atoms with Crippen molar-refractivity contribution in [1.82, 2.24) is 4.90 Å². The number of hydrogen-bond acceptors (Lipinski definition) is 15. The third-order valence-corrected chi connectivity index (χ3v) is 5.96. The Morgan fingerprint density at radius 2 is 0.588 bits per heavy atom. The van der Waals surface area contributed by atoms with E-state index in [4.69, 9.17) is 66.3 Å². The van der Waals surface area contributed by atoms with Crippen molar-refractivity contribution in [1.29, 1.82) is 0 Å². The number of carbonyl (C=O) groups excluding carboxylic acids is 1. The van der Waals surface area contributed by atoms with Gasteiger partial charge in [0.2, 0.25) is 0 Å². The number of carbonyl (C=O) groups is 1. The van der Waals surface area contributed by atoms with Crippen LogP contribution in [0.15, 0.2) is 0 Å². The fourth-order valence-electron chi connectivity index (χ4n) is 3.43. The molecule has 0 bridgehead atoms. The van der Waals surface area contributed by atoms with Crippen molar-refractivity contribution in [3.63, 3.8) is 0 Å². The Morgan fingerprint density at radius 3 is 0.784 bits per heavy atom. The van der Waals surface area contributed by atoms with Gasteiger partial charge >= 0.3 is 6.09 Å². The summed E-state index contributed by atoms with van der Waals surface area (Å²) in [5.74, 6) is 0. The van der Waals surface area contributed by atoms with Gasteiger partial charge in [0.05, 0.1) is 172 Å². The van der Waals surface area contributed by atoms with Crippen molar-refractivity contribution in [2.75, 3.05) is 192 Å². The molecular weight excluding hydrogens is 681 g/mol. The maximum atomic E-state index is 11.9. The molecule has 0 aromatic heterocycles. The minimum absolute atomic E-state index is 0.108. The van der Waals surface area contributed by atoms with E-state index in [0.717, 1.165) is 0 Å². The number of amides is 1. The molecule has 16 nitrogen and oxygen atoms in total. The molecule has 0 unspecified atom stereocenters. The molecule has 0 saturated carbocycles. The van der Waals surface area contributed by atoms with E-state index in [1.54, 1.807) is 7.05 Å². The van der Waals surface area contributed by atoms with E-state index in [2.05, 4.69) is 0 Å². The molecule has 0 aliphatic rings. The van der Waals surface area contributed by atoms with E-state index in [9.17, 15) is 9.18 Å². The van der Waals surface area contributed by atoms with Crippen molar-refractivity contribution in [2.45, 2.75) is 26.4 Å². The van der Waals surface area contributed by atoms with Gasteiger partial charge in [0, 0.05) is 13.6 Å². The summed E-state index contributed by atoms with van der Waals surface area (Å²) in [7, 11) is 1.68. The summed E-state index contributed by atoms with van der Waals surface area (Å²) >= 11 is 0. The van der Waals surface area contributed by atoms with Crippen molar-refractivity contribution >= 4 is 6.09 Å². The second-order valence-corrected chi connectivity index (χ2v) is 11.6. The van der Waals surface area contributed by atoms with Gasteiger partial charge in [-0.3, -0.25) is 0 Å². The highest BCUT2D eigenvalue weighted by atomic mass is 19.1. The highest BCUT2D eigenvalue weighted by molar-refractivity contribution is 5.67. The molecule has 1 amide bonds. The lowest BCUT2D eigenvalue weighted by molar-refractivity contribution is -0.0292. The van der Waals surface area contributed by atoms with Gasteiger partial charge in [0.15, 0.2) is 0 Å². The van der Waals surface area contributed by atoms with Gasteiger partial charge < -0.3 is 71.2 Å². The van der Waals surface area contributed by atoms with Crippen LogP contribution in [-0.2, 0) is 66.3 Å². The van der Waals surface area contributed by atoms with Crippen molar-refractivity contribution < 1.29 is 75.5 Å². The lowest BCUT2D eigenvalue weighted by Gasteiger charge is -2.24. The van der Waals surface area contributed by atoms with Crippen molar-refractivity contribution in [3.05, 3.63) is 0 Å². The van der Waals surface area contributed by atoms with Crippen LogP contribution in [0.25, 0.3) is 0 Å². The van der Waals surface area contributed by atoms with Gasteiger partial charge in [-0.2, -0.15) is 0 Å². The Morgan fingerprint density at radius 1 is 0.392 bits per heavy atom. The first-order valence-corrected chi connectivity index (χ1v) is 17.9. The van der Waals surface area contributed by atoms with Gasteiger partial charge in [-0.25, -0.2) is 9.18 Å². The standard InChI is InChI=1S/C34H68FNO15/c1-34(2,3)51-33(37)36(4)6-8-39-10-12-41-14-16-43-18-20-45-22-24-47-26-28-49-30-32-50-31-29-48-27-25-46-23-21-44-19-17-42-15-13-40-11-9-38-7-5-35/h5-32H2,1-4H3. The Hall–Kier alpha value is -1.32. The molecule has 0 fully saturated rings. The number of rotatable bonds is 41. The summed E-state index contributed by atoms with van der Waals surface area (Å²) < 4.78 is 87.4. The monoisotopic (exact) mass is 749 g/mol. The number of likely N-dealkylation sites (N-methyl/N-ethyl adjacent to an activating group) is 1. The zero-order valence-electron chi connectivity index (χ0n) is 31.7. The number of halogens is 1. The molecular formula is C34H68FNO15. The number of alkyl halides is 1. The average Bonchev–Trinajstić information content (AvgIpc) is 3.10. The predicted molar refractivity (Wildman–Crippen MR) is 185 cm³/mol. The summed E-state index contributed by atoms with van der Waals surface area (Å²) in [6.45, 7) is 17.4. The smallest absolute Gasteiger partial charge is 0.410 e. The first-order chi connectivity index (χ1) is 24.9. The summed E-state index contributed by atoms with van der Waals surface area (Å²) in [6.07, 6.45) is -0.368. The highest BCUT2D eigenvalue weighted by Crippen LogP contribution is 2.08. The zero-order chi connectivity index (χ0) is 37.4.